The van der Waals surface area contributed by atoms with Gasteiger partial charge in [0.25, 0.3) is 0 Å². The van der Waals surface area contributed by atoms with Gasteiger partial charge < -0.3 is 5.32 Å². The Labute approximate surface area is 129 Å². The first-order chi connectivity index (χ1) is 9.96. The largest absolute Gasteiger partial charge is 0.313 e. The van der Waals surface area contributed by atoms with E-state index in [1.54, 1.807) is 6.07 Å². The predicted molar refractivity (Wildman–Crippen MR) is 87.2 cm³/mol. The summed E-state index contributed by atoms with van der Waals surface area (Å²) in [7, 11) is -3.27. The molecule has 0 amide bonds. The highest BCUT2D eigenvalue weighted by Crippen LogP contribution is 2.33. The summed E-state index contributed by atoms with van der Waals surface area (Å²) < 4.78 is 26.2. The number of rotatable bonds is 5. The van der Waals surface area contributed by atoms with Crippen LogP contribution in [0.2, 0.25) is 0 Å². The van der Waals surface area contributed by atoms with Crippen molar-refractivity contribution in [1.29, 1.82) is 0 Å². The summed E-state index contributed by atoms with van der Waals surface area (Å²) in [4.78, 5) is 0.507. The monoisotopic (exact) mass is 309 g/mol. The topological polar surface area (TPSA) is 46.2 Å². The summed E-state index contributed by atoms with van der Waals surface area (Å²) in [5.74, 6) is 0.480. The number of sulfone groups is 1. The summed E-state index contributed by atoms with van der Waals surface area (Å²) in [6, 6.07) is 7.44. The van der Waals surface area contributed by atoms with Gasteiger partial charge in [0.2, 0.25) is 0 Å². The second-order valence-electron chi connectivity index (χ2n) is 6.33. The first-order valence-corrected chi connectivity index (χ1v) is 9.54. The molecule has 2 rings (SSSR count). The molecule has 1 aliphatic carbocycles. The maximum atomic E-state index is 13.1. The third kappa shape index (κ3) is 3.67. The lowest BCUT2D eigenvalue weighted by Crippen LogP contribution is -2.48. The van der Waals surface area contributed by atoms with Crippen molar-refractivity contribution in [3.8, 4) is 0 Å². The molecule has 1 fully saturated rings. The molecule has 0 saturated heterocycles. The number of benzene rings is 1. The molecule has 1 N–H and O–H groups in total. The molecule has 4 heteroatoms. The molecule has 3 unspecified atom stereocenters. The van der Waals surface area contributed by atoms with E-state index in [1.165, 1.54) is 0 Å². The Kier molecular flexibility index (Phi) is 5.44. The molecule has 0 aromatic heterocycles. The zero-order chi connectivity index (χ0) is 15.5. The Balaban J connectivity index is 2.32. The Hall–Kier alpha value is -0.870. The number of hydrogen-bond acceptors (Lipinski definition) is 3. The maximum absolute atomic E-state index is 13.1. The van der Waals surface area contributed by atoms with Crippen LogP contribution in [0.3, 0.4) is 0 Å². The minimum Gasteiger partial charge on any atom is -0.313 e. The lowest BCUT2D eigenvalue weighted by Gasteiger charge is -2.35. The summed E-state index contributed by atoms with van der Waals surface area (Å²) in [5.41, 5.74) is 0.852. The van der Waals surface area contributed by atoms with Gasteiger partial charge in [-0.3, -0.25) is 0 Å². The van der Waals surface area contributed by atoms with Gasteiger partial charge in [0.05, 0.1) is 10.1 Å². The molecule has 0 spiro atoms. The van der Waals surface area contributed by atoms with Crippen molar-refractivity contribution in [2.75, 3.05) is 6.54 Å². The molecule has 0 bridgehead atoms. The molecular formula is C17H27NO2S. The highest BCUT2D eigenvalue weighted by molar-refractivity contribution is 7.92. The fourth-order valence-corrected chi connectivity index (χ4v) is 5.63. The molecule has 0 aliphatic heterocycles. The SMILES string of the molecule is CCCNC1CCC(C)CC1S(=O)(=O)c1ccccc1C. The molecule has 1 saturated carbocycles. The molecule has 21 heavy (non-hydrogen) atoms. The van der Waals surface area contributed by atoms with E-state index in [2.05, 4.69) is 19.2 Å². The molecule has 3 atom stereocenters. The van der Waals surface area contributed by atoms with E-state index in [0.717, 1.165) is 37.8 Å². The van der Waals surface area contributed by atoms with Gasteiger partial charge in [-0.2, -0.15) is 0 Å². The van der Waals surface area contributed by atoms with Gasteiger partial charge in [-0.15, -0.1) is 0 Å². The number of hydrogen-bond donors (Lipinski definition) is 1. The molecule has 1 aromatic rings. The number of nitrogens with one attached hydrogen (secondary N) is 1. The highest BCUT2D eigenvalue weighted by Gasteiger charge is 2.38. The quantitative estimate of drug-likeness (QED) is 0.907. The fraction of sp³-hybridized carbons (Fsp3) is 0.647. The fourth-order valence-electron chi connectivity index (χ4n) is 3.27. The van der Waals surface area contributed by atoms with Crippen LogP contribution in [0.5, 0.6) is 0 Å². The Morgan fingerprint density at radius 2 is 1.95 bits per heavy atom. The Bertz CT molecular complexity index is 566. The Morgan fingerprint density at radius 1 is 1.24 bits per heavy atom. The van der Waals surface area contributed by atoms with Crippen LogP contribution in [-0.2, 0) is 9.84 Å². The van der Waals surface area contributed by atoms with Gasteiger partial charge >= 0.3 is 0 Å². The van der Waals surface area contributed by atoms with Crippen LogP contribution in [-0.4, -0.2) is 26.3 Å². The van der Waals surface area contributed by atoms with Gasteiger partial charge in [-0.25, -0.2) is 8.42 Å². The standard InChI is InChI=1S/C17H27NO2S/c1-4-11-18-15-10-9-13(2)12-17(15)21(19,20)16-8-6-5-7-14(16)3/h5-8,13,15,17-18H,4,9-12H2,1-3H3. The van der Waals surface area contributed by atoms with Crippen LogP contribution in [0.25, 0.3) is 0 Å². The van der Waals surface area contributed by atoms with Gasteiger partial charge in [-0.05, 0) is 56.7 Å². The first-order valence-electron chi connectivity index (χ1n) is 7.99. The smallest absolute Gasteiger partial charge is 0.183 e. The van der Waals surface area contributed by atoms with Gasteiger partial charge in [0.15, 0.2) is 9.84 Å². The van der Waals surface area contributed by atoms with Crippen molar-refractivity contribution in [3.63, 3.8) is 0 Å². The molecular weight excluding hydrogens is 282 g/mol. The van der Waals surface area contributed by atoms with Crippen LogP contribution in [0, 0.1) is 12.8 Å². The molecule has 118 valence electrons. The van der Waals surface area contributed by atoms with Crippen molar-refractivity contribution < 1.29 is 8.42 Å². The van der Waals surface area contributed by atoms with E-state index in [-0.39, 0.29) is 11.3 Å². The van der Waals surface area contributed by atoms with E-state index in [1.807, 2.05) is 25.1 Å². The summed E-state index contributed by atoms with van der Waals surface area (Å²) in [6.45, 7) is 7.05. The molecule has 1 aromatic carbocycles. The summed E-state index contributed by atoms with van der Waals surface area (Å²) >= 11 is 0. The Morgan fingerprint density at radius 3 is 2.62 bits per heavy atom. The summed E-state index contributed by atoms with van der Waals surface area (Å²) in [6.07, 6.45) is 3.86. The van der Waals surface area contributed by atoms with E-state index < -0.39 is 9.84 Å². The van der Waals surface area contributed by atoms with E-state index >= 15 is 0 Å². The van der Waals surface area contributed by atoms with E-state index in [4.69, 9.17) is 0 Å². The van der Waals surface area contributed by atoms with Crippen molar-refractivity contribution in [3.05, 3.63) is 29.8 Å². The second-order valence-corrected chi connectivity index (χ2v) is 8.46. The minimum absolute atomic E-state index is 0.0887. The lowest BCUT2D eigenvalue weighted by atomic mass is 9.87. The second kappa shape index (κ2) is 6.93. The van der Waals surface area contributed by atoms with Crippen LogP contribution in [0.15, 0.2) is 29.2 Å². The van der Waals surface area contributed by atoms with Crippen molar-refractivity contribution in [1.82, 2.24) is 5.32 Å². The molecule has 0 heterocycles. The predicted octanol–water partition coefficient (Wildman–Crippen LogP) is 3.33. The average Bonchev–Trinajstić information content (AvgIpc) is 2.46. The third-order valence-corrected chi connectivity index (χ3v) is 6.90. The van der Waals surface area contributed by atoms with Crippen molar-refractivity contribution in [2.24, 2.45) is 5.92 Å². The van der Waals surface area contributed by atoms with Crippen LogP contribution in [0.4, 0.5) is 0 Å². The van der Waals surface area contributed by atoms with Crippen LogP contribution < -0.4 is 5.32 Å². The normalized spacial score (nSPS) is 26.7. The van der Waals surface area contributed by atoms with Crippen LogP contribution >= 0.6 is 0 Å². The summed E-state index contributed by atoms with van der Waals surface area (Å²) in [5, 5.41) is 3.16. The maximum Gasteiger partial charge on any atom is 0.183 e. The zero-order valence-corrected chi connectivity index (χ0v) is 14.1. The average molecular weight is 309 g/mol. The highest BCUT2D eigenvalue weighted by atomic mass is 32.2. The van der Waals surface area contributed by atoms with Gasteiger partial charge in [-0.1, -0.05) is 32.0 Å². The van der Waals surface area contributed by atoms with Gasteiger partial charge in [0.1, 0.15) is 0 Å². The zero-order valence-electron chi connectivity index (χ0n) is 13.3. The van der Waals surface area contributed by atoms with Crippen molar-refractivity contribution in [2.45, 2.75) is 62.6 Å². The molecule has 1 aliphatic rings. The van der Waals surface area contributed by atoms with Crippen LogP contribution in [0.1, 0.15) is 45.1 Å². The third-order valence-electron chi connectivity index (χ3n) is 4.51. The van der Waals surface area contributed by atoms with E-state index in [9.17, 15) is 8.42 Å². The van der Waals surface area contributed by atoms with Crippen molar-refractivity contribution >= 4 is 9.84 Å². The molecule has 0 radical (unpaired) electrons. The minimum atomic E-state index is -3.27. The van der Waals surface area contributed by atoms with Gasteiger partial charge in [0, 0.05) is 6.04 Å². The van der Waals surface area contributed by atoms with E-state index in [0.29, 0.717) is 10.8 Å². The lowest BCUT2D eigenvalue weighted by molar-refractivity contribution is 0.308. The number of aryl methyl sites for hydroxylation is 1. The molecule has 3 nitrogen and oxygen atoms in total. The first kappa shape index (κ1) is 16.5.